The molecule has 5 rings (SSSR count). The smallest absolute Gasteiger partial charge is 0.404 e. The molecule has 11 nitrogen and oxygen atoms in total. The van der Waals surface area contributed by atoms with Crippen LogP contribution in [0.15, 0.2) is 24.3 Å². The molecule has 1 aromatic carbocycles. The summed E-state index contributed by atoms with van der Waals surface area (Å²) in [5.74, 6) is -9.00. The first kappa shape index (κ1) is 36.7. The molecule has 0 bridgehead atoms. The van der Waals surface area contributed by atoms with Crippen molar-refractivity contribution in [1.82, 2.24) is 25.8 Å². The van der Waals surface area contributed by atoms with Crippen molar-refractivity contribution in [1.29, 1.82) is 0 Å². The van der Waals surface area contributed by atoms with E-state index in [9.17, 15) is 41.8 Å². The van der Waals surface area contributed by atoms with Gasteiger partial charge in [-0.1, -0.05) is 45.9 Å². The lowest BCUT2D eigenvalue weighted by molar-refractivity contribution is -0.151. The van der Waals surface area contributed by atoms with Gasteiger partial charge in [-0.05, 0) is 30.2 Å². The minimum atomic E-state index is -3.03. The number of fused-ring (bicyclic) bond motifs is 2. The second kappa shape index (κ2) is 13.9. The zero-order chi connectivity index (χ0) is 35.9. The molecule has 6 atom stereocenters. The summed E-state index contributed by atoms with van der Waals surface area (Å²) in [4.78, 5) is 56.8. The molecule has 2 saturated heterocycles. The van der Waals surface area contributed by atoms with E-state index in [1.54, 1.807) is 39.0 Å². The van der Waals surface area contributed by atoms with Gasteiger partial charge in [0, 0.05) is 56.4 Å². The van der Waals surface area contributed by atoms with Crippen LogP contribution in [0, 0.1) is 17.3 Å². The van der Waals surface area contributed by atoms with Crippen LogP contribution in [0.1, 0.15) is 77.8 Å². The van der Waals surface area contributed by atoms with E-state index in [2.05, 4.69) is 16.0 Å². The van der Waals surface area contributed by atoms with Gasteiger partial charge in [0.15, 0.2) is 0 Å². The average Bonchev–Trinajstić information content (AvgIpc) is 3.33. The first-order chi connectivity index (χ1) is 22.8. The molecule has 4 aliphatic rings. The van der Waals surface area contributed by atoms with Gasteiger partial charge >= 0.3 is 6.09 Å². The molecule has 4 N–H and O–H groups in total. The number of alkyl halides is 4. The number of carboxylic acid groups (broad SMARTS) is 1. The van der Waals surface area contributed by atoms with Crippen molar-refractivity contribution in [2.24, 2.45) is 17.3 Å². The van der Waals surface area contributed by atoms with E-state index in [1.807, 2.05) is 6.07 Å². The summed E-state index contributed by atoms with van der Waals surface area (Å²) in [7, 11) is 0. The van der Waals surface area contributed by atoms with Gasteiger partial charge in [0.2, 0.25) is 23.6 Å². The predicted octanol–water partition coefficient (Wildman–Crippen LogP) is 4.18. The number of ether oxygens (including phenoxy) is 1. The van der Waals surface area contributed by atoms with Crippen LogP contribution >= 0.6 is 0 Å². The van der Waals surface area contributed by atoms with Crippen LogP contribution in [0.4, 0.5) is 22.4 Å². The Morgan fingerprint density at radius 1 is 0.980 bits per heavy atom. The van der Waals surface area contributed by atoms with E-state index in [-0.39, 0.29) is 25.9 Å². The van der Waals surface area contributed by atoms with Crippen LogP contribution in [0.2, 0.25) is 0 Å². The molecule has 3 fully saturated rings. The number of piperazine rings is 1. The number of nitrogens with one attached hydrogen (secondary N) is 3. The van der Waals surface area contributed by atoms with E-state index in [0.717, 1.165) is 5.56 Å². The highest BCUT2D eigenvalue weighted by atomic mass is 19.3. The maximum absolute atomic E-state index is 14.7. The largest absolute Gasteiger partial charge is 0.493 e. The highest BCUT2D eigenvalue weighted by molar-refractivity contribution is 5.93. The van der Waals surface area contributed by atoms with Crippen LogP contribution in [0.3, 0.4) is 0 Å². The summed E-state index contributed by atoms with van der Waals surface area (Å²) in [5.41, 5.74) is 0.0318. The number of carbonyl (C=O) groups is 4. The lowest BCUT2D eigenvalue weighted by atomic mass is 9.78. The van der Waals surface area contributed by atoms with Crippen LogP contribution in [0.25, 0.3) is 0 Å². The predicted molar refractivity (Wildman–Crippen MR) is 170 cm³/mol. The minimum absolute atomic E-state index is 0.0919. The molecule has 272 valence electrons. The molecule has 0 spiro atoms. The molecular formula is C34H47F4N5O6. The fourth-order valence-corrected chi connectivity index (χ4v) is 7.88. The van der Waals surface area contributed by atoms with Crippen molar-refractivity contribution in [2.75, 3.05) is 26.2 Å². The van der Waals surface area contributed by atoms with E-state index < -0.39 is 109 Å². The zero-order valence-corrected chi connectivity index (χ0v) is 28.3. The third-order valence-corrected chi connectivity index (χ3v) is 10.5. The Bertz CT molecular complexity index is 1410. The Kier molecular flexibility index (Phi) is 10.4. The maximum atomic E-state index is 14.7. The molecule has 0 aromatic heterocycles. The number of hydrogen-bond acceptors (Lipinski definition) is 6. The lowest BCUT2D eigenvalue weighted by Crippen LogP contribution is -2.66. The number of amides is 4. The highest BCUT2D eigenvalue weighted by Gasteiger charge is 2.53. The quantitative estimate of drug-likeness (QED) is 0.299. The fourth-order valence-electron chi connectivity index (χ4n) is 7.88. The second-order valence-corrected chi connectivity index (χ2v) is 15.1. The molecule has 1 aliphatic carbocycles. The van der Waals surface area contributed by atoms with Gasteiger partial charge in [-0.2, -0.15) is 0 Å². The van der Waals surface area contributed by atoms with E-state index in [4.69, 9.17) is 4.74 Å². The number of nitrogens with zero attached hydrogens (tertiary/aromatic N) is 2. The molecule has 3 heterocycles. The monoisotopic (exact) mass is 697 g/mol. The maximum Gasteiger partial charge on any atom is 0.404 e. The van der Waals surface area contributed by atoms with E-state index in [1.165, 1.54) is 16.7 Å². The van der Waals surface area contributed by atoms with Crippen LogP contribution in [-0.4, -0.2) is 101 Å². The van der Waals surface area contributed by atoms with Gasteiger partial charge in [0.1, 0.15) is 17.8 Å². The Morgan fingerprint density at radius 2 is 1.65 bits per heavy atom. The van der Waals surface area contributed by atoms with Crippen molar-refractivity contribution in [3.05, 3.63) is 29.8 Å². The average molecular weight is 698 g/mol. The molecule has 3 aliphatic heterocycles. The van der Waals surface area contributed by atoms with Crippen molar-refractivity contribution >= 4 is 23.8 Å². The summed E-state index contributed by atoms with van der Waals surface area (Å²) < 4.78 is 63.6. The first-order valence-corrected chi connectivity index (χ1v) is 17.0. The number of hydrogen-bond donors (Lipinski definition) is 4. The molecule has 1 saturated carbocycles. The first-order valence-electron chi connectivity index (χ1n) is 17.0. The normalized spacial score (nSPS) is 27.0. The van der Waals surface area contributed by atoms with Gasteiger partial charge in [0.25, 0.3) is 5.92 Å². The Balaban J connectivity index is 1.44. The fraction of sp³-hybridized carbons (Fsp3) is 0.706. The Hall–Kier alpha value is -3.62. The summed E-state index contributed by atoms with van der Waals surface area (Å²) in [5, 5.41) is 17.6. The summed E-state index contributed by atoms with van der Waals surface area (Å²) >= 11 is 0. The second-order valence-electron chi connectivity index (χ2n) is 15.1. The molecule has 4 amide bonds. The third-order valence-electron chi connectivity index (χ3n) is 10.5. The van der Waals surface area contributed by atoms with Crippen molar-refractivity contribution in [2.45, 2.75) is 108 Å². The molecule has 0 radical (unpaired) electrons. The van der Waals surface area contributed by atoms with E-state index >= 15 is 0 Å². The summed E-state index contributed by atoms with van der Waals surface area (Å²) in [6, 6.07) is 2.57. The standard InChI is InChI=1S/C34H47F4N5O6/c1-19(27(32(2,3)4)41-31(47)48)28(44)40-26(20-9-12-33(35,36)13-10-20)30(46)43-16-21-15-34(37,38)18-42(21)17-24(43)29(45)39-23-11-14-49-25-8-6-5-7-22(23)25/h5-8,19-21,23-24,26-27,41H,9-18H2,1-4H3,(H,39,45)(H,40,44)(H,47,48)/t19-,21+,23+,24-,26-,27?/m0/s1. The highest BCUT2D eigenvalue weighted by Crippen LogP contribution is 2.40. The van der Waals surface area contributed by atoms with Gasteiger partial charge in [-0.3, -0.25) is 19.3 Å². The van der Waals surface area contributed by atoms with Crippen LogP contribution in [-0.2, 0) is 14.4 Å². The molecule has 1 unspecified atom stereocenters. The number of rotatable bonds is 8. The molecular weight excluding hydrogens is 650 g/mol. The van der Waals surface area contributed by atoms with Crippen LogP contribution in [0.5, 0.6) is 5.75 Å². The SMILES string of the molecule is C[C@H](C(=O)N[C@H](C(=O)N1C[C@H]2CC(F)(F)CN2C[C@H]1C(=O)N[C@@H]1CCOc2ccccc21)C1CCC(F)(F)CC1)C(NC(=O)O)C(C)(C)C. The number of benzene rings is 1. The van der Waals surface area contributed by atoms with Gasteiger partial charge < -0.3 is 30.7 Å². The van der Waals surface area contributed by atoms with E-state index in [0.29, 0.717) is 18.8 Å². The third kappa shape index (κ3) is 8.41. The molecule has 15 heteroatoms. The van der Waals surface area contributed by atoms with Crippen molar-refractivity contribution < 1.29 is 46.6 Å². The number of halogens is 4. The van der Waals surface area contributed by atoms with Crippen molar-refractivity contribution in [3.8, 4) is 5.75 Å². The Morgan fingerprint density at radius 3 is 2.31 bits per heavy atom. The summed E-state index contributed by atoms with van der Waals surface area (Å²) in [6.45, 7) is 6.15. The van der Waals surface area contributed by atoms with Crippen LogP contribution < -0.4 is 20.7 Å². The Labute approximate surface area is 283 Å². The molecule has 1 aromatic rings. The number of para-hydroxylation sites is 1. The van der Waals surface area contributed by atoms with Crippen molar-refractivity contribution in [3.63, 3.8) is 0 Å². The lowest BCUT2D eigenvalue weighted by Gasteiger charge is -2.45. The zero-order valence-electron chi connectivity index (χ0n) is 28.3. The number of carbonyl (C=O) groups excluding carboxylic acids is 3. The van der Waals surface area contributed by atoms with Gasteiger partial charge in [0.05, 0.1) is 25.1 Å². The summed E-state index contributed by atoms with van der Waals surface area (Å²) in [6.07, 6.45) is -2.61. The minimum Gasteiger partial charge on any atom is -0.493 e. The topological polar surface area (TPSA) is 140 Å². The molecule has 49 heavy (non-hydrogen) atoms. The van der Waals surface area contributed by atoms with Gasteiger partial charge in [-0.25, -0.2) is 22.4 Å². The van der Waals surface area contributed by atoms with Gasteiger partial charge in [-0.15, -0.1) is 0 Å².